The third-order valence-electron chi connectivity index (χ3n) is 4.98. The monoisotopic (exact) mass is 490 g/mol. The number of hydrogen-bond donors (Lipinski definition) is 1. The molecule has 0 bridgehead atoms. The van der Waals surface area contributed by atoms with Crippen molar-refractivity contribution >= 4 is 35.3 Å². The minimum atomic E-state index is -0.248. The van der Waals surface area contributed by atoms with Crippen LogP contribution in [0.2, 0.25) is 5.02 Å². The molecule has 0 atom stereocenters. The molecule has 8 heteroatoms. The second-order valence-corrected chi connectivity index (χ2v) is 8.63. The zero-order valence-corrected chi connectivity index (χ0v) is 20.1. The van der Waals surface area contributed by atoms with Crippen LogP contribution in [-0.2, 0) is 17.1 Å². The highest BCUT2D eigenvalue weighted by molar-refractivity contribution is 7.98. The number of rotatable bonds is 9. The molecule has 1 N–H and O–H groups in total. The van der Waals surface area contributed by atoms with Crippen LogP contribution in [-0.4, -0.2) is 27.8 Å². The number of amides is 1. The molecule has 0 radical (unpaired) electrons. The molecule has 3 aromatic carbocycles. The molecule has 1 heterocycles. The summed E-state index contributed by atoms with van der Waals surface area (Å²) in [6.07, 6.45) is 3.15. The number of methoxy groups -OCH3 is 1. The van der Waals surface area contributed by atoms with Gasteiger partial charge in [-0.05, 0) is 47.5 Å². The molecule has 0 fully saturated rings. The van der Waals surface area contributed by atoms with Gasteiger partial charge in [0, 0.05) is 22.5 Å². The minimum absolute atomic E-state index is 0.219. The summed E-state index contributed by atoms with van der Waals surface area (Å²) in [5.74, 6) is 1.89. The Hall–Kier alpha value is -3.55. The number of ether oxygens (including phenoxy) is 1. The van der Waals surface area contributed by atoms with Gasteiger partial charge in [-0.15, -0.1) is 10.2 Å². The number of halogens is 1. The lowest BCUT2D eigenvalue weighted by Crippen LogP contribution is -2.22. The Morgan fingerprint density at radius 2 is 1.76 bits per heavy atom. The van der Waals surface area contributed by atoms with E-state index in [9.17, 15) is 4.79 Å². The van der Waals surface area contributed by atoms with Gasteiger partial charge in [-0.1, -0.05) is 71.9 Å². The molecule has 34 heavy (non-hydrogen) atoms. The van der Waals surface area contributed by atoms with Crippen molar-refractivity contribution in [3.05, 3.63) is 107 Å². The zero-order chi connectivity index (χ0) is 23.8. The molecule has 172 valence electrons. The van der Waals surface area contributed by atoms with Crippen molar-refractivity contribution in [1.29, 1.82) is 0 Å². The summed E-state index contributed by atoms with van der Waals surface area (Å²) in [5, 5.41) is 13.0. The summed E-state index contributed by atoms with van der Waals surface area (Å²) in [6, 6.07) is 25.2. The van der Waals surface area contributed by atoms with E-state index in [0.29, 0.717) is 10.8 Å². The van der Waals surface area contributed by atoms with Crippen LogP contribution in [0.1, 0.15) is 17.0 Å². The fourth-order valence-corrected chi connectivity index (χ4v) is 4.35. The first-order valence-electron chi connectivity index (χ1n) is 10.6. The lowest BCUT2D eigenvalue weighted by atomic mass is 10.2. The fourth-order valence-electron chi connectivity index (χ4n) is 3.22. The Bertz CT molecular complexity index is 1270. The summed E-state index contributed by atoms with van der Waals surface area (Å²) in [6.45, 7) is 0.219. The predicted octanol–water partition coefficient (Wildman–Crippen LogP) is 5.55. The summed E-state index contributed by atoms with van der Waals surface area (Å²) in [7, 11) is 1.63. The molecule has 0 spiro atoms. The quantitative estimate of drug-likeness (QED) is 0.246. The van der Waals surface area contributed by atoms with E-state index in [1.807, 2.05) is 65.2 Å². The van der Waals surface area contributed by atoms with E-state index in [4.69, 9.17) is 16.3 Å². The zero-order valence-electron chi connectivity index (χ0n) is 18.5. The molecule has 0 saturated heterocycles. The third kappa shape index (κ3) is 6.07. The van der Waals surface area contributed by atoms with Gasteiger partial charge >= 0.3 is 0 Å². The van der Waals surface area contributed by atoms with Gasteiger partial charge in [-0.25, -0.2) is 0 Å². The highest BCUT2D eigenvalue weighted by Crippen LogP contribution is 2.26. The van der Waals surface area contributed by atoms with Gasteiger partial charge in [0.25, 0.3) is 0 Å². The number of hydrogen-bond acceptors (Lipinski definition) is 5. The van der Waals surface area contributed by atoms with Crippen LogP contribution in [0.5, 0.6) is 5.75 Å². The molecule has 0 aliphatic heterocycles. The standard InChI is InChI=1S/C26H23ClN4O2S/c1-33-22-14-12-21(13-15-22)31-24(29-30-26(31)34-18-19-7-3-2-4-8-19)17-28-25(32)16-11-20-9-5-6-10-23(20)27/h2-16H,17-18H2,1H3,(H,28,32)/b16-11+. The molecule has 4 aromatic rings. The summed E-state index contributed by atoms with van der Waals surface area (Å²) in [5.41, 5.74) is 2.86. The van der Waals surface area contributed by atoms with Crippen LogP contribution in [0, 0.1) is 0 Å². The molecule has 1 amide bonds. The minimum Gasteiger partial charge on any atom is -0.497 e. The van der Waals surface area contributed by atoms with Crippen LogP contribution in [0.15, 0.2) is 90.1 Å². The van der Waals surface area contributed by atoms with Crippen molar-refractivity contribution in [3.63, 3.8) is 0 Å². The predicted molar refractivity (Wildman–Crippen MR) is 136 cm³/mol. The van der Waals surface area contributed by atoms with Crippen LogP contribution in [0.3, 0.4) is 0 Å². The van der Waals surface area contributed by atoms with Gasteiger partial charge in [-0.3, -0.25) is 9.36 Å². The summed E-state index contributed by atoms with van der Waals surface area (Å²) < 4.78 is 7.23. The van der Waals surface area contributed by atoms with Crippen LogP contribution in [0.4, 0.5) is 0 Å². The summed E-state index contributed by atoms with van der Waals surface area (Å²) >= 11 is 7.74. The first-order chi connectivity index (χ1) is 16.6. The first kappa shape index (κ1) is 23.6. The van der Waals surface area contributed by atoms with E-state index >= 15 is 0 Å². The van der Waals surface area contributed by atoms with E-state index < -0.39 is 0 Å². The topological polar surface area (TPSA) is 69.0 Å². The second-order valence-electron chi connectivity index (χ2n) is 7.28. The number of nitrogens with one attached hydrogen (secondary N) is 1. The van der Waals surface area contributed by atoms with Crippen molar-refractivity contribution in [2.24, 2.45) is 0 Å². The van der Waals surface area contributed by atoms with Crippen LogP contribution >= 0.6 is 23.4 Å². The Morgan fingerprint density at radius 3 is 2.50 bits per heavy atom. The Kier molecular flexibility index (Phi) is 8.01. The smallest absolute Gasteiger partial charge is 0.244 e. The Balaban J connectivity index is 1.51. The van der Waals surface area contributed by atoms with E-state index in [2.05, 4.69) is 27.6 Å². The van der Waals surface area contributed by atoms with Gasteiger partial charge in [-0.2, -0.15) is 0 Å². The summed E-state index contributed by atoms with van der Waals surface area (Å²) in [4.78, 5) is 12.4. The van der Waals surface area contributed by atoms with Gasteiger partial charge in [0.2, 0.25) is 5.91 Å². The van der Waals surface area contributed by atoms with E-state index in [1.54, 1.807) is 31.0 Å². The van der Waals surface area contributed by atoms with Crippen molar-refractivity contribution in [2.45, 2.75) is 17.5 Å². The number of thioether (sulfide) groups is 1. The number of carbonyl (C=O) groups excluding carboxylic acids is 1. The van der Waals surface area contributed by atoms with E-state index in [-0.39, 0.29) is 12.5 Å². The molecule has 0 saturated carbocycles. The molecule has 0 aliphatic rings. The maximum Gasteiger partial charge on any atom is 0.244 e. The third-order valence-corrected chi connectivity index (χ3v) is 6.33. The average molecular weight is 491 g/mol. The van der Waals surface area contributed by atoms with Crippen LogP contribution < -0.4 is 10.1 Å². The average Bonchev–Trinajstić information content (AvgIpc) is 3.29. The fraction of sp³-hybridized carbons (Fsp3) is 0.115. The van der Waals surface area contributed by atoms with Crippen molar-refractivity contribution in [3.8, 4) is 11.4 Å². The Morgan fingerprint density at radius 1 is 1.03 bits per heavy atom. The largest absolute Gasteiger partial charge is 0.497 e. The highest BCUT2D eigenvalue weighted by atomic mass is 35.5. The SMILES string of the molecule is COc1ccc(-n2c(CNC(=O)/C=C/c3ccccc3Cl)nnc2SCc2ccccc2)cc1. The van der Waals surface area contributed by atoms with Crippen molar-refractivity contribution in [1.82, 2.24) is 20.1 Å². The number of carbonyl (C=O) groups is 1. The molecule has 6 nitrogen and oxygen atoms in total. The molecular formula is C26H23ClN4O2S. The van der Waals surface area contributed by atoms with Crippen molar-refractivity contribution in [2.75, 3.05) is 7.11 Å². The van der Waals surface area contributed by atoms with Gasteiger partial charge < -0.3 is 10.1 Å². The van der Waals surface area contributed by atoms with E-state index in [1.165, 1.54) is 11.6 Å². The molecule has 4 rings (SSSR count). The van der Waals surface area contributed by atoms with Crippen LogP contribution in [0.25, 0.3) is 11.8 Å². The number of benzene rings is 3. The normalized spacial score (nSPS) is 11.0. The van der Waals surface area contributed by atoms with Crippen molar-refractivity contribution < 1.29 is 9.53 Å². The maximum atomic E-state index is 12.4. The number of nitrogens with zero attached hydrogens (tertiary/aromatic N) is 3. The second kappa shape index (κ2) is 11.5. The van der Waals surface area contributed by atoms with Gasteiger partial charge in [0.15, 0.2) is 11.0 Å². The molecule has 0 unspecified atom stereocenters. The van der Waals surface area contributed by atoms with E-state index in [0.717, 1.165) is 27.9 Å². The number of aromatic nitrogens is 3. The van der Waals surface area contributed by atoms with Gasteiger partial charge in [0.05, 0.1) is 13.7 Å². The molecule has 1 aromatic heterocycles. The Labute approximate surface area is 207 Å². The highest BCUT2D eigenvalue weighted by Gasteiger charge is 2.15. The molecular weight excluding hydrogens is 468 g/mol. The first-order valence-corrected chi connectivity index (χ1v) is 12.0. The lowest BCUT2D eigenvalue weighted by Gasteiger charge is -2.11. The lowest BCUT2D eigenvalue weighted by molar-refractivity contribution is -0.116. The van der Waals surface area contributed by atoms with Gasteiger partial charge in [0.1, 0.15) is 5.75 Å². The maximum absolute atomic E-state index is 12.4. The molecule has 0 aliphatic carbocycles.